The van der Waals surface area contributed by atoms with E-state index in [1.54, 1.807) is 17.1 Å². The van der Waals surface area contributed by atoms with Crippen molar-refractivity contribution in [2.75, 3.05) is 18.4 Å². The number of thiazole rings is 1. The van der Waals surface area contributed by atoms with Gasteiger partial charge in [0.2, 0.25) is 5.91 Å². The first-order valence-corrected chi connectivity index (χ1v) is 9.12. The number of fused-ring (bicyclic) bond motifs is 3. The molecule has 3 N–H and O–H groups in total. The van der Waals surface area contributed by atoms with Gasteiger partial charge in [-0.2, -0.15) is 0 Å². The third-order valence-electron chi connectivity index (χ3n) is 5.07. The molecule has 2 aromatic rings. The zero-order valence-electron chi connectivity index (χ0n) is 13.5. The zero-order valence-corrected chi connectivity index (χ0v) is 14.4. The lowest BCUT2D eigenvalue weighted by atomic mass is 9.75. The standard InChI is InChI=1S/C15H19N7O2S/c16-13(23)12-8-22(20-19-12)6-10-5-9-1-3-21(10)7-11(9)14(24)18-15-17-2-4-25-15/h2,4,8-11H,1,3,5-7H2,(H2,16,23)(H,17,18,24)/t9?,10-,11+/m1/s1. The molecule has 0 aromatic carbocycles. The molecule has 0 aliphatic carbocycles. The first-order valence-electron chi connectivity index (χ1n) is 8.24. The summed E-state index contributed by atoms with van der Waals surface area (Å²) in [7, 11) is 0. The van der Waals surface area contributed by atoms with Gasteiger partial charge in [-0.1, -0.05) is 5.21 Å². The van der Waals surface area contributed by atoms with E-state index in [1.165, 1.54) is 11.3 Å². The Kier molecular flexibility index (Phi) is 4.22. The number of nitrogens with two attached hydrogens (primary N) is 1. The molecule has 3 aliphatic heterocycles. The van der Waals surface area contributed by atoms with Crippen LogP contribution in [-0.2, 0) is 11.3 Å². The van der Waals surface area contributed by atoms with Crippen LogP contribution in [0.4, 0.5) is 5.13 Å². The minimum Gasteiger partial charge on any atom is -0.364 e. The third kappa shape index (κ3) is 3.27. The summed E-state index contributed by atoms with van der Waals surface area (Å²) in [4.78, 5) is 30.1. The number of aromatic nitrogens is 4. The molecule has 5 heterocycles. The zero-order chi connectivity index (χ0) is 17.4. The Morgan fingerprint density at radius 1 is 1.44 bits per heavy atom. The molecule has 2 aromatic heterocycles. The van der Waals surface area contributed by atoms with E-state index in [0.717, 1.165) is 25.9 Å². The predicted molar refractivity (Wildman–Crippen MR) is 90.9 cm³/mol. The smallest absolute Gasteiger partial charge is 0.270 e. The van der Waals surface area contributed by atoms with Crippen LogP contribution in [0.25, 0.3) is 0 Å². The number of hydrogen-bond donors (Lipinski definition) is 2. The summed E-state index contributed by atoms with van der Waals surface area (Å²) in [6, 6.07) is 0.296. The van der Waals surface area contributed by atoms with Crippen molar-refractivity contribution < 1.29 is 9.59 Å². The maximum absolute atomic E-state index is 12.5. The average molecular weight is 361 g/mol. The molecule has 0 spiro atoms. The minimum atomic E-state index is -0.573. The third-order valence-corrected chi connectivity index (χ3v) is 5.76. The normalized spacial score (nSPS) is 28.0. The molecule has 0 saturated carbocycles. The van der Waals surface area contributed by atoms with Crippen LogP contribution in [0.15, 0.2) is 17.8 Å². The van der Waals surface area contributed by atoms with Gasteiger partial charge in [0, 0.05) is 24.2 Å². The lowest BCUT2D eigenvalue weighted by Gasteiger charge is -2.49. The Hall–Kier alpha value is -2.33. The van der Waals surface area contributed by atoms with Gasteiger partial charge in [0.1, 0.15) is 0 Å². The highest BCUT2D eigenvalue weighted by Crippen LogP contribution is 2.37. The molecular formula is C15H19N7O2S. The van der Waals surface area contributed by atoms with Crippen LogP contribution < -0.4 is 11.1 Å². The maximum Gasteiger partial charge on any atom is 0.270 e. The van der Waals surface area contributed by atoms with E-state index in [2.05, 4.69) is 25.5 Å². The van der Waals surface area contributed by atoms with E-state index < -0.39 is 5.91 Å². The maximum atomic E-state index is 12.5. The van der Waals surface area contributed by atoms with Gasteiger partial charge < -0.3 is 11.1 Å². The van der Waals surface area contributed by atoms with Crippen LogP contribution in [0.5, 0.6) is 0 Å². The Labute approximate surface area is 148 Å². The lowest BCUT2D eigenvalue weighted by molar-refractivity contribution is -0.127. The van der Waals surface area contributed by atoms with Crippen molar-refractivity contribution >= 4 is 28.3 Å². The van der Waals surface area contributed by atoms with Gasteiger partial charge in [-0.25, -0.2) is 4.98 Å². The summed E-state index contributed by atoms with van der Waals surface area (Å²) in [6.07, 6.45) is 5.22. The number of amides is 2. The number of primary amides is 1. The van der Waals surface area contributed by atoms with Crippen LogP contribution in [0.3, 0.4) is 0 Å². The van der Waals surface area contributed by atoms with Gasteiger partial charge in [0.25, 0.3) is 5.91 Å². The second-order valence-corrected chi connectivity index (χ2v) is 7.45. The van der Waals surface area contributed by atoms with E-state index in [9.17, 15) is 9.59 Å². The van der Waals surface area contributed by atoms with E-state index in [0.29, 0.717) is 23.6 Å². The number of anilines is 1. The molecule has 3 saturated heterocycles. The van der Waals surface area contributed by atoms with Gasteiger partial charge in [-0.15, -0.1) is 16.4 Å². The molecule has 5 rings (SSSR count). The number of carbonyl (C=O) groups excluding carboxylic acids is 2. The van der Waals surface area contributed by atoms with Crippen molar-refractivity contribution in [1.29, 1.82) is 0 Å². The summed E-state index contributed by atoms with van der Waals surface area (Å²) in [5.74, 6) is -0.171. The van der Waals surface area contributed by atoms with Crippen molar-refractivity contribution in [3.8, 4) is 0 Å². The topological polar surface area (TPSA) is 119 Å². The fourth-order valence-electron chi connectivity index (χ4n) is 3.82. The summed E-state index contributed by atoms with van der Waals surface area (Å²) >= 11 is 1.43. The summed E-state index contributed by atoms with van der Waals surface area (Å²) in [5, 5.41) is 13.2. The van der Waals surface area contributed by atoms with E-state index >= 15 is 0 Å². The van der Waals surface area contributed by atoms with Crippen LogP contribution in [0.2, 0.25) is 0 Å². The Morgan fingerprint density at radius 3 is 2.96 bits per heavy atom. The molecule has 9 nitrogen and oxygen atoms in total. The van der Waals surface area contributed by atoms with Crippen LogP contribution >= 0.6 is 11.3 Å². The first kappa shape index (κ1) is 16.2. The number of rotatable bonds is 5. The Bertz CT molecular complexity index is 775. The number of nitrogens with zero attached hydrogens (tertiary/aromatic N) is 5. The minimum absolute atomic E-state index is 0.00849. The SMILES string of the molecule is NC(=O)c1cn(C[C@H]2CC3CCN2C[C@@H]3C(=O)Nc2nccs2)nn1. The Balaban J connectivity index is 1.39. The van der Waals surface area contributed by atoms with Gasteiger partial charge in [0.05, 0.1) is 18.7 Å². The van der Waals surface area contributed by atoms with Crippen LogP contribution in [-0.4, -0.2) is 55.8 Å². The molecule has 2 amide bonds. The molecule has 2 bridgehead atoms. The quantitative estimate of drug-likeness (QED) is 0.784. The molecule has 0 radical (unpaired) electrons. The average Bonchev–Trinajstić information content (AvgIpc) is 3.27. The van der Waals surface area contributed by atoms with Gasteiger partial charge >= 0.3 is 0 Å². The van der Waals surface area contributed by atoms with Gasteiger partial charge in [-0.05, 0) is 25.3 Å². The molecule has 132 valence electrons. The molecule has 3 aliphatic rings. The molecule has 25 heavy (non-hydrogen) atoms. The lowest BCUT2D eigenvalue weighted by Crippen LogP contribution is -2.57. The van der Waals surface area contributed by atoms with Crippen LogP contribution in [0, 0.1) is 11.8 Å². The van der Waals surface area contributed by atoms with Crippen molar-refractivity contribution in [1.82, 2.24) is 24.9 Å². The predicted octanol–water partition coefficient (Wildman–Crippen LogP) is 0.183. The summed E-state index contributed by atoms with van der Waals surface area (Å²) in [6.45, 7) is 2.37. The number of nitrogens with one attached hydrogen (secondary N) is 1. The second-order valence-electron chi connectivity index (χ2n) is 6.56. The van der Waals surface area contributed by atoms with Crippen LogP contribution in [0.1, 0.15) is 23.3 Å². The molecule has 10 heteroatoms. The van der Waals surface area contributed by atoms with E-state index in [-0.39, 0.29) is 17.5 Å². The second kappa shape index (κ2) is 6.52. The highest BCUT2D eigenvalue weighted by Gasteiger charge is 2.43. The van der Waals surface area contributed by atoms with Crippen molar-refractivity contribution in [2.24, 2.45) is 17.6 Å². The molecule has 4 atom stereocenters. The fourth-order valence-corrected chi connectivity index (χ4v) is 4.36. The van der Waals surface area contributed by atoms with E-state index in [4.69, 9.17) is 5.73 Å². The monoisotopic (exact) mass is 361 g/mol. The number of piperidine rings is 3. The fraction of sp³-hybridized carbons (Fsp3) is 0.533. The first-order chi connectivity index (χ1) is 12.1. The largest absolute Gasteiger partial charge is 0.364 e. The highest BCUT2D eigenvalue weighted by molar-refractivity contribution is 7.13. The molecular weight excluding hydrogens is 342 g/mol. The summed E-state index contributed by atoms with van der Waals surface area (Å²) < 4.78 is 1.66. The Morgan fingerprint density at radius 2 is 2.32 bits per heavy atom. The number of carbonyl (C=O) groups is 2. The van der Waals surface area contributed by atoms with Gasteiger partial charge in [0.15, 0.2) is 10.8 Å². The molecule has 2 unspecified atom stereocenters. The number of hydrogen-bond acceptors (Lipinski definition) is 7. The van der Waals surface area contributed by atoms with E-state index in [1.807, 2.05) is 5.38 Å². The van der Waals surface area contributed by atoms with Gasteiger partial charge in [-0.3, -0.25) is 19.2 Å². The molecule has 3 fully saturated rings. The van der Waals surface area contributed by atoms with Crippen molar-refractivity contribution in [3.63, 3.8) is 0 Å². The van der Waals surface area contributed by atoms with Crippen molar-refractivity contribution in [2.45, 2.75) is 25.4 Å². The van der Waals surface area contributed by atoms with Crippen molar-refractivity contribution in [3.05, 3.63) is 23.5 Å². The summed E-state index contributed by atoms with van der Waals surface area (Å²) in [5.41, 5.74) is 5.39. The highest BCUT2D eigenvalue weighted by atomic mass is 32.1.